The highest BCUT2D eigenvalue weighted by molar-refractivity contribution is 5.59. The highest BCUT2D eigenvalue weighted by atomic mass is 16.5. The summed E-state index contributed by atoms with van der Waals surface area (Å²) in [5.74, 6) is 0.987. The zero-order chi connectivity index (χ0) is 12.6. The van der Waals surface area contributed by atoms with Gasteiger partial charge < -0.3 is 15.4 Å². The van der Waals surface area contributed by atoms with Crippen molar-refractivity contribution in [2.75, 3.05) is 31.6 Å². The van der Waals surface area contributed by atoms with E-state index in [2.05, 4.69) is 35.8 Å². The van der Waals surface area contributed by atoms with E-state index in [0.29, 0.717) is 0 Å². The largest absolute Gasteiger partial charge is 0.490 e. The Hall–Kier alpha value is -1.22. The Morgan fingerprint density at radius 2 is 2.22 bits per heavy atom. The minimum atomic E-state index is 0.769. The lowest BCUT2D eigenvalue weighted by atomic mass is 10.1. The number of fused-ring (bicyclic) bond motifs is 1. The molecule has 1 aliphatic heterocycles. The Balaban J connectivity index is 1.72. The number of ether oxygens (including phenoxy) is 1. The van der Waals surface area contributed by atoms with Gasteiger partial charge in [-0.15, -0.1) is 0 Å². The van der Waals surface area contributed by atoms with Crippen LogP contribution in [0.3, 0.4) is 0 Å². The maximum atomic E-state index is 5.57. The van der Waals surface area contributed by atoms with Gasteiger partial charge in [-0.25, -0.2) is 0 Å². The first-order valence-corrected chi connectivity index (χ1v) is 7.10. The lowest BCUT2D eigenvalue weighted by Gasteiger charge is -2.19. The van der Waals surface area contributed by atoms with E-state index in [4.69, 9.17) is 4.74 Å². The molecule has 0 aromatic heterocycles. The van der Waals surface area contributed by atoms with Crippen molar-refractivity contribution >= 4 is 5.69 Å². The predicted octanol–water partition coefficient (Wildman–Crippen LogP) is 2.81. The Morgan fingerprint density at radius 1 is 1.28 bits per heavy atom. The van der Waals surface area contributed by atoms with Crippen LogP contribution in [0.25, 0.3) is 0 Å². The number of nitrogens with one attached hydrogen (secondary N) is 2. The van der Waals surface area contributed by atoms with Gasteiger partial charge in [-0.3, -0.25) is 0 Å². The molecule has 3 nitrogen and oxygen atoms in total. The number of benzene rings is 1. The van der Waals surface area contributed by atoms with Crippen molar-refractivity contribution < 1.29 is 4.74 Å². The van der Waals surface area contributed by atoms with Crippen molar-refractivity contribution in [1.29, 1.82) is 0 Å². The van der Waals surface area contributed by atoms with Crippen LogP contribution in [0, 0.1) is 0 Å². The van der Waals surface area contributed by atoms with Gasteiger partial charge in [0, 0.05) is 6.54 Å². The fourth-order valence-electron chi connectivity index (χ4n) is 2.20. The first-order chi connectivity index (χ1) is 8.90. The van der Waals surface area contributed by atoms with E-state index in [1.807, 2.05) is 0 Å². The first kappa shape index (κ1) is 13.2. The lowest BCUT2D eigenvalue weighted by Crippen LogP contribution is -2.20. The van der Waals surface area contributed by atoms with Gasteiger partial charge in [-0.2, -0.15) is 0 Å². The van der Waals surface area contributed by atoms with E-state index in [1.165, 1.54) is 24.8 Å². The van der Waals surface area contributed by atoms with E-state index in [-0.39, 0.29) is 0 Å². The Morgan fingerprint density at radius 3 is 3.11 bits per heavy atom. The van der Waals surface area contributed by atoms with Crippen molar-refractivity contribution in [3.05, 3.63) is 23.8 Å². The molecule has 1 aliphatic rings. The maximum Gasteiger partial charge on any atom is 0.142 e. The van der Waals surface area contributed by atoms with Crippen molar-refractivity contribution in [3.63, 3.8) is 0 Å². The average molecular weight is 248 g/mol. The number of unbranched alkanes of at least 4 members (excludes halogenated alkanes) is 2. The van der Waals surface area contributed by atoms with Crippen LogP contribution in [-0.4, -0.2) is 26.2 Å². The second kappa shape index (κ2) is 7.27. The molecule has 100 valence electrons. The van der Waals surface area contributed by atoms with Gasteiger partial charge in [-0.1, -0.05) is 25.8 Å². The lowest BCUT2D eigenvalue weighted by molar-refractivity contribution is 0.323. The molecule has 0 radical (unpaired) electrons. The topological polar surface area (TPSA) is 33.3 Å². The van der Waals surface area contributed by atoms with E-state index < -0.39 is 0 Å². The predicted molar refractivity (Wildman–Crippen MR) is 76.5 cm³/mol. The van der Waals surface area contributed by atoms with Crippen molar-refractivity contribution in [2.45, 2.75) is 32.6 Å². The van der Waals surface area contributed by atoms with Gasteiger partial charge in [0.05, 0.1) is 5.69 Å². The molecular formula is C15H24N2O. The van der Waals surface area contributed by atoms with Gasteiger partial charge in [0.2, 0.25) is 0 Å². The van der Waals surface area contributed by atoms with Crippen LogP contribution < -0.4 is 15.4 Å². The molecule has 3 heteroatoms. The molecule has 0 saturated carbocycles. The molecule has 0 spiro atoms. The molecule has 0 aliphatic carbocycles. The third-order valence-corrected chi connectivity index (χ3v) is 3.27. The van der Waals surface area contributed by atoms with E-state index in [9.17, 15) is 0 Å². The fourth-order valence-corrected chi connectivity index (χ4v) is 2.20. The van der Waals surface area contributed by atoms with Crippen molar-refractivity contribution in [1.82, 2.24) is 5.32 Å². The van der Waals surface area contributed by atoms with Crippen LogP contribution in [0.15, 0.2) is 18.2 Å². The third-order valence-electron chi connectivity index (χ3n) is 3.27. The molecule has 0 amide bonds. The molecule has 1 aromatic carbocycles. The first-order valence-electron chi connectivity index (χ1n) is 7.10. The number of hydrogen-bond acceptors (Lipinski definition) is 3. The zero-order valence-electron chi connectivity index (χ0n) is 11.3. The van der Waals surface area contributed by atoms with Gasteiger partial charge in [-0.05, 0) is 43.6 Å². The summed E-state index contributed by atoms with van der Waals surface area (Å²) in [5.41, 5.74) is 2.51. The minimum absolute atomic E-state index is 0.769. The summed E-state index contributed by atoms with van der Waals surface area (Å²) >= 11 is 0. The molecule has 2 N–H and O–H groups in total. The summed E-state index contributed by atoms with van der Waals surface area (Å²) in [4.78, 5) is 0. The number of anilines is 1. The molecule has 1 heterocycles. The van der Waals surface area contributed by atoms with Crippen LogP contribution in [0.5, 0.6) is 5.75 Å². The van der Waals surface area contributed by atoms with Crippen LogP contribution in [0.1, 0.15) is 31.7 Å². The molecule has 2 rings (SSSR count). The number of rotatable bonds is 7. The average Bonchev–Trinajstić information content (AvgIpc) is 2.42. The smallest absolute Gasteiger partial charge is 0.142 e. The summed E-state index contributed by atoms with van der Waals surface area (Å²) in [6.07, 6.45) is 4.99. The molecule has 0 fully saturated rings. The SMILES string of the molecule is CCCCCNCCc1ccc2c(c1)NCCO2. The molecule has 18 heavy (non-hydrogen) atoms. The summed E-state index contributed by atoms with van der Waals surface area (Å²) in [6, 6.07) is 6.45. The van der Waals surface area contributed by atoms with Crippen LogP contribution in [0.2, 0.25) is 0 Å². The third kappa shape index (κ3) is 3.91. The van der Waals surface area contributed by atoms with Crippen LogP contribution in [0.4, 0.5) is 5.69 Å². The maximum absolute atomic E-state index is 5.57. The second-order valence-electron chi connectivity index (χ2n) is 4.81. The quantitative estimate of drug-likeness (QED) is 0.728. The summed E-state index contributed by atoms with van der Waals surface area (Å²) < 4.78 is 5.57. The molecule has 0 bridgehead atoms. The van der Waals surface area contributed by atoms with Crippen molar-refractivity contribution in [2.24, 2.45) is 0 Å². The van der Waals surface area contributed by atoms with E-state index >= 15 is 0 Å². The summed E-state index contributed by atoms with van der Waals surface area (Å²) in [6.45, 7) is 6.11. The molecule has 0 unspecified atom stereocenters. The molecule has 0 saturated heterocycles. The summed E-state index contributed by atoms with van der Waals surface area (Å²) in [5, 5.41) is 6.87. The standard InChI is InChI=1S/C15H24N2O/c1-2-3-4-8-16-9-7-13-5-6-15-14(12-13)17-10-11-18-15/h5-6,12,16-17H,2-4,7-11H2,1H3. The summed E-state index contributed by atoms with van der Waals surface area (Å²) in [7, 11) is 0. The van der Waals surface area contributed by atoms with Gasteiger partial charge in [0.15, 0.2) is 0 Å². The van der Waals surface area contributed by atoms with Crippen LogP contribution in [-0.2, 0) is 6.42 Å². The van der Waals surface area contributed by atoms with Gasteiger partial charge in [0.1, 0.15) is 12.4 Å². The Bertz CT molecular complexity index is 366. The molecule has 0 atom stereocenters. The van der Waals surface area contributed by atoms with Gasteiger partial charge in [0.25, 0.3) is 0 Å². The highest BCUT2D eigenvalue weighted by Crippen LogP contribution is 2.27. The molecule has 1 aromatic rings. The number of hydrogen-bond donors (Lipinski definition) is 2. The van der Waals surface area contributed by atoms with Gasteiger partial charge >= 0.3 is 0 Å². The molecular weight excluding hydrogens is 224 g/mol. The van der Waals surface area contributed by atoms with Crippen LogP contribution >= 0.6 is 0 Å². The Kier molecular flexibility index (Phi) is 5.34. The fraction of sp³-hybridized carbons (Fsp3) is 0.600. The van der Waals surface area contributed by atoms with E-state index in [1.54, 1.807) is 0 Å². The second-order valence-corrected chi connectivity index (χ2v) is 4.81. The monoisotopic (exact) mass is 248 g/mol. The van der Waals surface area contributed by atoms with E-state index in [0.717, 1.165) is 44.1 Å². The zero-order valence-corrected chi connectivity index (χ0v) is 11.3. The highest BCUT2D eigenvalue weighted by Gasteiger charge is 2.09. The Labute approximate surface area is 110 Å². The minimum Gasteiger partial charge on any atom is -0.490 e. The normalized spacial score (nSPS) is 13.6. The van der Waals surface area contributed by atoms with Crippen molar-refractivity contribution in [3.8, 4) is 5.75 Å².